The van der Waals surface area contributed by atoms with Crippen molar-refractivity contribution in [2.75, 3.05) is 6.61 Å². The molecule has 1 fully saturated rings. The molecule has 0 aliphatic heterocycles. The summed E-state index contributed by atoms with van der Waals surface area (Å²) >= 11 is 1.38. The van der Waals surface area contributed by atoms with Gasteiger partial charge in [-0.1, -0.05) is 13.8 Å². The molecule has 1 saturated carbocycles. The summed E-state index contributed by atoms with van der Waals surface area (Å²) in [5.74, 6) is 0.153. The molecule has 1 aromatic heterocycles. The molecule has 100 valence electrons. The summed E-state index contributed by atoms with van der Waals surface area (Å²) < 4.78 is 5.03. The Balaban J connectivity index is 2.32. The first-order chi connectivity index (χ1) is 8.54. The maximum atomic E-state index is 11.9. The largest absolute Gasteiger partial charge is 0.462 e. The third-order valence-corrected chi connectivity index (χ3v) is 4.18. The van der Waals surface area contributed by atoms with Gasteiger partial charge in [0.1, 0.15) is 4.88 Å². The Morgan fingerprint density at radius 2 is 2.22 bits per heavy atom. The summed E-state index contributed by atoms with van der Waals surface area (Å²) in [4.78, 5) is 16.8. The van der Waals surface area contributed by atoms with Crippen molar-refractivity contribution in [2.24, 2.45) is 5.92 Å². The van der Waals surface area contributed by atoms with Gasteiger partial charge >= 0.3 is 5.97 Å². The highest BCUT2D eigenvalue weighted by atomic mass is 32.1. The quantitative estimate of drug-likeness (QED) is 0.835. The van der Waals surface area contributed by atoms with E-state index in [1.165, 1.54) is 11.3 Å². The number of aliphatic hydroxyl groups excluding tert-OH is 1. The van der Waals surface area contributed by atoms with Crippen LogP contribution in [-0.2, 0) is 4.74 Å². The van der Waals surface area contributed by atoms with Crippen LogP contribution < -0.4 is 0 Å². The second-order valence-electron chi connectivity index (χ2n) is 4.95. The monoisotopic (exact) mass is 269 g/mol. The topological polar surface area (TPSA) is 59.4 Å². The number of hydrogen-bond donors (Lipinski definition) is 1. The van der Waals surface area contributed by atoms with Gasteiger partial charge in [-0.05, 0) is 25.7 Å². The van der Waals surface area contributed by atoms with Gasteiger partial charge in [0.25, 0.3) is 0 Å². The molecular weight excluding hydrogens is 250 g/mol. The van der Waals surface area contributed by atoms with E-state index in [9.17, 15) is 9.90 Å². The zero-order chi connectivity index (χ0) is 13.3. The molecule has 1 heterocycles. The maximum absolute atomic E-state index is 11.9. The molecule has 0 bridgehead atoms. The second kappa shape index (κ2) is 5.36. The van der Waals surface area contributed by atoms with Gasteiger partial charge in [-0.3, -0.25) is 0 Å². The molecule has 1 unspecified atom stereocenters. The lowest BCUT2D eigenvalue weighted by Gasteiger charge is -2.13. The molecular formula is C13H19NO3S. The zero-order valence-electron chi connectivity index (χ0n) is 11.0. The van der Waals surface area contributed by atoms with Crippen molar-refractivity contribution in [1.82, 2.24) is 4.98 Å². The van der Waals surface area contributed by atoms with Crippen LogP contribution in [0.15, 0.2) is 0 Å². The van der Waals surface area contributed by atoms with Crippen molar-refractivity contribution in [3.8, 4) is 0 Å². The fourth-order valence-corrected chi connectivity index (χ4v) is 2.88. The molecule has 0 amide bonds. The number of carbonyl (C=O) groups is 1. The Morgan fingerprint density at radius 1 is 1.56 bits per heavy atom. The van der Waals surface area contributed by atoms with Crippen LogP contribution in [0.25, 0.3) is 0 Å². The molecule has 0 saturated heterocycles. The Bertz CT molecular complexity index is 437. The predicted octanol–water partition coefficient (Wildman–Crippen LogP) is 2.89. The van der Waals surface area contributed by atoms with Crippen LogP contribution in [-0.4, -0.2) is 22.7 Å². The first-order valence-corrected chi connectivity index (χ1v) is 7.22. The average Bonchev–Trinajstić information content (AvgIpc) is 3.07. The van der Waals surface area contributed by atoms with Gasteiger partial charge < -0.3 is 9.84 Å². The summed E-state index contributed by atoms with van der Waals surface area (Å²) in [5.41, 5.74) is 0.496. The van der Waals surface area contributed by atoms with Crippen LogP contribution in [0, 0.1) is 5.92 Å². The standard InChI is InChI=1S/C13H19NO3S/c1-4-17-13(16)11-9(10(15)7(2)3)14-12(18-11)8-5-6-8/h7-8,10,15H,4-6H2,1-3H3. The molecule has 4 nitrogen and oxygen atoms in total. The van der Waals surface area contributed by atoms with E-state index in [1.54, 1.807) is 6.92 Å². The first kappa shape index (κ1) is 13.5. The smallest absolute Gasteiger partial charge is 0.350 e. The fourth-order valence-electron chi connectivity index (χ4n) is 1.71. The lowest BCUT2D eigenvalue weighted by molar-refractivity contribution is 0.0519. The molecule has 5 heteroatoms. The summed E-state index contributed by atoms with van der Waals surface area (Å²) in [6.45, 7) is 5.94. The lowest BCUT2D eigenvalue weighted by atomic mass is 10.0. The predicted molar refractivity (Wildman–Crippen MR) is 69.8 cm³/mol. The number of hydrogen-bond acceptors (Lipinski definition) is 5. The summed E-state index contributed by atoms with van der Waals surface area (Å²) in [7, 11) is 0. The van der Waals surface area contributed by atoms with E-state index < -0.39 is 6.10 Å². The summed E-state index contributed by atoms with van der Waals surface area (Å²) in [6, 6.07) is 0. The van der Waals surface area contributed by atoms with Crippen molar-refractivity contribution >= 4 is 17.3 Å². The Morgan fingerprint density at radius 3 is 2.72 bits per heavy atom. The van der Waals surface area contributed by atoms with Crippen LogP contribution in [0.3, 0.4) is 0 Å². The summed E-state index contributed by atoms with van der Waals surface area (Å²) in [6.07, 6.45) is 1.56. The molecule has 1 atom stereocenters. The molecule has 1 aromatic rings. The van der Waals surface area contributed by atoms with Crippen molar-refractivity contribution in [3.05, 3.63) is 15.6 Å². The van der Waals surface area contributed by atoms with Gasteiger partial charge in [-0.15, -0.1) is 11.3 Å². The molecule has 0 spiro atoms. The molecule has 2 rings (SSSR count). The number of esters is 1. The van der Waals surface area contributed by atoms with Crippen molar-refractivity contribution < 1.29 is 14.6 Å². The van der Waals surface area contributed by atoms with Crippen LogP contribution in [0.5, 0.6) is 0 Å². The van der Waals surface area contributed by atoms with Gasteiger partial charge in [0.05, 0.1) is 23.4 Å². The molecule has 0 radical (unpaired) electrons. The number of nitrogens with zero attached hydrogens (tertiary/aromatic N) is 1. The first-order valence-electron chi connectivity index (χ1n) is 6.40. The molecule has 18 heavy (non-hydrogen) atoms. The normalized spacial score (nSPS) is 16.9. The van der Waals surface area contributed by atoms with Crippen molar-refractivity contribution in [1.29, 1.82) is 0 Å². The number of rotatable bonds is 5. The van der Waals surface area contributed by atoms with E-state index in [2.05, 4.69) is 4.98 Å². The highest BCUT2D eigenvalue weighted by Gasteiger charge is 2.32. The highest BCUT2D eigenvalue weighted by Crippen LogP contribution is 2.44. The third-order valence-electron chi connectivity index (χ3n) is 2.97. The third kappa shape index (κ3) is 2.72. The van der Waals surface area contributed by atoms with Gasteiger partial charge in [0, 0.05) is 5.92 Å². The number of aromatic nitrogens is 1. The summed E-state index contributed by atoms with van der Waals surface area (Å²) in [5, 5.41) is 11.1. The number of aliphatic hydroxyl groups is 1. The maximum Gasteiger partial charge on any atom is 0.350 e. The van der Waals surface area contributed by atoms with Gasteiger partial charge in [-0.25, -0.2) is 9.78 Å². The van der Waals surface area contributed by atoms with Gasteiger partial charge in [-0.2, -0.15) is 0 Å². The fraction of sp³-hybridized carbons (Fsp3) is 0.692. The van der Waals surface area contributed by atoms with Crippen LogP contribution in [0.1, 0.15) is 66.0 Å². The number of carbonyl (C=O) groups excluding carboxylic acids is 1. The van der Waals surface area contributed by atoms with E-state index in [4.69, 9.17) is 4.74 Å². The van der Waals surface area contributed by atoms with Crippen molar-refractivity contribution in [2.45, 2.75) is 45.6 Å². The number of thiazole rings is 1. The van der Waals surface area contributed by atoms with Crippen LogP contribution in [0.2, 0.25) is 0 Å². The molecule has 1 aliphatic carbocycles. The SMILES string of the molecule is CCOC(=O)c1sc(C2CC2)nc1C(O)C(C)C. The van der Waals surface area contributed by atoms with E-state index in [0.717, 1.165) is 17.8 Å². The minimum absolute atomic E-state index is 0.0346. The van der Waals surface area contributed by atoms with Crippen LogP contribution in [0.4, 0.5) is 0 Å². The Labute approximate surface area is 111 Å². The number of ether oxygens (including phenoxy) is 1. The van der Waals surface area contributed by atoms with Crippen molar-refractivity contribution in [3.63, 3.8) is 0 Å². The van der Waals surface area contributed by atoms with Gasteiger partial charge in [0.2, 0.25) is 0 Å². The minimum atomic E-state index is -0.701. The molecule has 0 aromatic carbocycles. The van der Waals surface area contributed by atoms with Gasteiger partial charge in [0.15, 0.2) is 0 Å². The minimum Gasteiger partial charge on any atom is -0.462 e. The van der Waals surface area contributed by atoms with E-state index in [1.807, 2.05) is 13.8 Å². The Hall–Kier alpha value is -0.940. The zero-order valence-corrected chi connectivity index (χ0v) is 11.8. The Kier molecular flexibility index (Phi) is 4.02. The van der Waals surface area contributed by atoms with E-state index >= 15 is 0 Å². The molecule has 1 N–H and O–H groups in total. The second-order valence-corrected chi connectivity index (χ2v) is 5.98. The molecule has 1 aliphatic rings. The van der Waals surface area contributed by atoms with E-state index in [0.29, 0.717) is 23.1 Å². The van der Waals surface area contributed by atoms with E-state index in [-0.39, 0.29) is 11.9 Å². The lowest BCUT2D eigenvalue weighted by Crippen LogP contribution is -2.12. The highest BCUT2D eigenvalue weighted by molar-refractivity contribution is 7.13. The van der Waals surface area contributed by atoms with Crippen LogP contribution >= 0.6 is 11.3 Å². The average molecular weight is 269 g/mol.